The molecule has 0 aliphatic carbocycles. The Hall–Kier alpha value is -0.0400. The molecule has 2 N–H and O–H groups in total. The highest BCUT2D eigenvalue weighted by atomic mass is 127. The number of thiophene rings is 1. The average molecular weight is 573 g/mol. The van der Waals surface area contributed by atoms with E-state index in [-0.39, 0.29) is 28.7 Å². The van der Waals surface area contributed by atoms with Crippen LogP contribution in [0.15, 0.2) is 21.3 Å². The Morgan fingerprint density at radius 2 is 1.97 bits per heavy atom. The zero-order valence-electron chi connectivity index (χ0n) is 17.3. The van der Waals surface area contributed by atoms with Crippen molar-refractivity contribution in [1.82, 2.24) is 14.9 Å². The van der Waals surface area contributed by atoms with Gasteiger partial charge in [-0.3, -0.25) is 0 Å². The molecule has 0 amide bonds. The van der Waals surface area contributed by atoms with E-state index in [9.17, 15) is 8.42 Å². The number of sulfonamides is 1. The fourth-order valence-corrected chi connectivity index (χ4v) is 7.76. The van der Waals surface area contributed by atoms with Crippen LogP contribution >= 0.6 is 47.1 Å². The van der Waals surface area contributed by atoms with E-state index in [4.69, 9.17) is 0 Å². The summed E-state index contributed by atoms with van der Waals surface area (Å²) in [5, 5.41) is 6.75. The Morgan fingerprint density at radius 1 is 1.21 bits per heavy atom. The maximum absolute atomic E-state index is 12.8. The number of hydrogen-bond acceptors (Lipinski definition) is 5. The number of piperidine rings is 1. The third-order valence-electron chi connectivity index (χ3n) is 5.21. The molecule has 0 radical (unpaired) electrons. The van der Waals surface area contributed by atoms with E-state index >= 15 is 0 Å². The first-order valence-electron chi connectivity index (χ1n) is 10.2. The summed E-state index contributed by atoms with van der Waals surface area (Å²) in [6.07, 6.45) is 5.54. The largest absolute Gasteiger partial charge is 0.357 e. The fraction of sp³-hybridized carbons (Fsp3) is 0.737. The molecule has 1 unspecified atom stereocenters. The first kappa shape index (κ1) is 25.2. The molecule has 2 saturated heterocycles. The molecule has 0 spiro atoms. The molecule has 3 heterocycles. The zero-order chi connectivity index (χ0) is 20.0. The predicted molar refractivity (Wildman–Crippen MR) is 135 cm³/mol. The Balaban J connectivity index is 0.00000300. The van der Waals surface area contributed by atoms with E-state index in [1.165, 1.54) is 29.9 Å². The molecule has 0 aromatic carbocycles. The summed E-state index contributed by atoms with van der Waals surface area (Å²) in [5.41, 5.74) is 0. The topological polar surface area (TPSA) is 73.8 Å². The van der Waals surface area contributed by atoms with Crippen molar-refractivity contribution in [3.05, 3.63) is 17.0 Å². The van der Waals surface area contributed by atoms with Gasteiger partial charge in [0.2, 0.25) is 0 Å². The molecule has 1 aromatic heterocycles. The highest BCUT2D eigenvalue weighted by molar-refractivity contribution is 14.0. The molecule has 0 bridgehead atoms. The van der Waals surface area contributed by atoms with E-state index in [1.54, 1.807) is 10.4 Å². The zero-order valence-corrected chi connectivity index (χ0v) is 22.1. The lowest BCUT2D eigenvalue weighted by atomic mass is 10.1. The number of nitrogens with one attached hydrogen (secondary N) is 2. The second-order valence-corrected chi connectivity index (χ2v) is 12.7. The van der Waals surface area contributed by atoms with Crippen molar-refractivity contribution in [1.29, 1.82) is 0 Å². The lowest BCUT2D eigenvalue weighted by molar-refractivity contribution is 0.347. The number of rotatable bonds is 7. The van der Waals surface area contributed by atoms with Gasteiger partial charge in [0.1, 0.15) is 4.21 Å². The quantitative estimate of drug-likeness (QED) is 0.295. The van der Waals surface area contributed by atoms with Crippen molar-refractivity contribution in [2.75, 3.05) is 31.9 Å². The van der Waals surface area contributed by atoms with Crippen molar-refractivity contribution < 1.29 is 8.42 Å². The Bertz CT molecular complexity index is 770. The smallest absolute Gasteiger partial charge is 0.252 e. The van der Waals surface area contributed by atoms with Gasteiger partial charge in [-0.1, -0.05) is 6.42 Å². The molecular formula is C19H33IN4O2S3. The molecule has 2 aliphatic rings. The maximum Gasteiger partial charge on any atom is 0.252 e. The molecule has 1 atom stereocenters. The van der Waals surface area contributed by atoms with Crippen LogP contribution in [0.1, 0.15) is 50.8 Å². The van der Waals surface area contributed by atoms with Crippen molar-refractivity contribution in [2.24, 2.45) is 4.99 Å². The standard InChI is InChI=1S/C19H32N4O2S3.HI/c1-3-20-18(22-15-19(2)10-7-13-26-19)21-14-16-8-9-17(27-16)28(24,25)23-11-5-4-6-12-23;/h8-9H,3-7,10-15H2,1-2H3,(H2,20,21,22);1H. The molecule has 3 rings (SSSR count). The minimum Gasteiger partial charge on any atom is -0.357 e. The van der Waals surface area contributed by atoms with E-state index < -0.39 is 10.0 Å². The first-order chi connectivity index (χ1) is 13.4. The Morgan fingerprint density at radius 3 is 2.62 bits per heavy atom. The second kappa shape index (κ2) is 11.5. The minimum atomic E-state index is -3.35. The number of thioether (sulfide) groups is 1. The number of hydrogen-bond donors (Lipinski definition) is 2. The summed E-state index contributed by atoms with van der Waals surface area (Å²) in [6, 6.07) is 3.62. The summed E-state index contributed by atoms with van der Waals surface area (Å²) >= 11 is 3.36. The third-order valence-corrected chi connectivity index (χ3v) is 10.2. The Kier molecular flexibility index (Phi) is 10.0. The first-order valence-corrected chi connectivity index (χ1v) is 13.4. The van der Waals surface area contributed by atoms with Gasteiger partial charge in [0.15, 0.2) is 5.96 Å². The molecule has 10 heteroatoms. The number of guanidine groups is 1. The van der Waals surface area contributed by atoms with Gasteiger partial charge in [0.25, 0.3) is 10.0 Å². The monoisotopic (exact) mass is 572 g/mol. The second-order valence-electron chi connectivity index (χ2n) is 7.64. The van der Waals surface area contributed by atoms with E-state index in [2.05, 4.69) is 29.5 Å². The van der Waals surface area contributed by atoms with Crippen LogP contribution in [0.5, 0.6) is 0 Å². The SMILES string of the molecule is CCNC(=NCc1ccc(S(=O)(=O)N2CCCCC2)s1)NCC1(C)CCCS1.I. The molecule has 166 valence electrons. The third kappa shape index (κ3) is 6.98. The summed E-state index contributed by atoms with van der Waals surface area (Å²) in [7, 11) is -3.35. The molecule has 1 aromatic rings. The summed E-state index contributed by atoms with van der Waals surface area (Å²) < 4.78 is 27.9. The molecule has 29 heavy (non-hydrogen) atoms. The lowest BCUT2D eigenvalue weighted by Crippen LogP contribution is -2.43. The van der Waals surface area contributed by atoms with Crippen LogP contribution in [0.25, 0.3) is 0 Å². The van der Waals surface area contributed by atoms with Gasteiger partial charge in [0, 0.05) is 35.8 Å². The van der Waals surface area contributed by atoms with Crippen molar-refractivity contribution in [2.45, 2.75) is 61.5 Å². The van der Waals surface area contributed by atoms with Crippen molar-refractivity contribution in [3.8, 4) is 0 Å². The highest BCUT2D eigenvalue weighted by Crippen LogP contribution is 2.36. The summed E-state index contributed by atoms with van der Waals surface area (Å²) in [5.74, 6) is 2.03. The number of aliphatic imine (C=N–C) groups is 1. The van der Waals surface area contributed by atoms with Gasteiger partial charge in [-0.2, -0.15) is 16.1 Å². The number of halogens is 1. The van der Waals surface area contributed by atoms with Crippen LogP contribution in [-0.4, -0.2) is 55.4 Å². The van der Waals surface area contributed by atoms with Gasteiger partial charge in [-0.05, 0) is 57.4 Å². The van der Waals surface area contributed by atoms with Crippen LogP contribution in [0.2, 0.25) is 0 Å². The van der Waals surface area contributed by atoms with Gasteiger partial charge in [0.05, 0.1) is 6.54 Å². The summed E-state index contributed by atoms with van der Waals surface area (Å²) in [4.78, 5) is 5.64. The van der Waals surface area contributed by atoms with Crippen molar-refractivity contribution in [3.63, 3.8) is 0 Å². The molecule has 2 aliphatic heterocycles. The van der Waals surface area contributed by atoms with Crippen LogP contribution in [-0.2, 0) is 16.6 Å². The Labute approximate surface area is 200 Å². The maximum atomic E-state index is 12.8. The highest BCUT2D eigenvalue weighted by Gasteiger charge is 2.29. The minimum absolute atomic E-state index is 0. The van der Waals surface area contributed by atoms with Crippen LogP contribution in [0.3, 0.4) is 0 Å². The van der Waals surface area contributed by atoms with E-state index in [0.29, 0.717) is 23.8 Å². The fourth-order valence-electron chi connectivity index (χ4n) is 3.56. The summed E-state index contributed by atoms with van der Waals surface area (Å²) in [6.45, 7) is 7.81. The van der Waals surface area contributed by atoms with Gasteiger partial charge in [-0.15, -0.1) is 35.3 Å². The van der Waals surface area contributed by atoms with Gasteiger partial charge in [-0.25, -0.2) is 13.4 Å². The molecule has 2 fully saturated rings. The van der Waals surface area contributed by atoms with Crippen LogP contribution in [0.4, 0.5) is 0 Å². The predicted octanol–water partition coefficient (Wildman–Crippen LogP) is 3.88. The van der Waals surface area contributed by atoms with Crippen molar-refractivity contribution >= 4 is 63.1 Å². The lowest BCUT2D eigenvalue weighted by Gasteiger charge is -2.25. The normalized spacial score (nSPS) is 23.6. The van der Waals surface area contributed by atoms with Gasteiger partial charge >= 0.3 is 0 Å². The van der Waals surface area contributed by atoms with E-state index in [1.807, 2.05) is 17.8 Å². The van der Waals surface area contributed by atoms with Crippen LogP contribution < -0.4 is 10.6 Å². The van der Waals surface area contributed by atoms with Gasteiger partial charge < -0.3 is 10.6 Å². The van der Waals surface area contributed by atoms with Crippen LogP contribution in [0, 0.1) is 0 Å². The average Bonchev–Trinajstić information content (AvgIpc) is 3.35. The molecule has 6 nitrogen and oxygen atoms in total. The molecular weight excluding hydrogens is 539 g/mol. The molecule has 0 saturated carbocycles. The number of nitrogens with zero attached hydrogens (tertiary/aromatic N) is 2. The van der Waals surface area contributed by atoms with E-state index in [0.717, 1.165) is 43.2 Å².